The molecule has 0 heterocycles. The van der Waals surface area contributed by atoms with Crippen molar-refractivity contribution < 1.29 is 9.18 Å². The Labute approximate surface area is 148 Å². The highest BCUT2D eigenvalue weighted by Crippen LogP contribution is 2.40. The fourth-order valence-electron chi connectivity index (χ4n) is 2.11. The maximum atomic E-state index is 13.2. The molecule has 1 amide bonds. The number of benzene rings is 2. The van der Waals surface area contributed by atoms with Crippen molar-refractivity contribution in [3.05, 3.63) is 63.9 Å². The lowest BCUT2D eigenvalue weighted by molar-refractivity contribution is -0.120. The zero-order valence-electron chi connectivity index (χ0n) is 12.1. The van der Waals surface area contributed by atoms with Gasteiger partial charge in [-0.3, -0.25) is 4.79 Å². The number of amides is 1. The first-order valence-corrected chi connectivity index (χ1v) is 8.84. The Bertz CT molecular complexity index is 719. The Hall–Kier alpha value is -1.23. The van der Waals surface area contributed by atoms with Crippen LogP contribution in [-0.4, -0.2) is 11.9 Å². The third-order valence-corrected chi connectivity index (χ3v) is 5.46. The van der Waals surface area contributed by atoms with Gasteiger partial charge in [-0.25, -0.2) is 4.39 Å². The molecule has 0 unspecified atom stereocenters. The van der Waals surface area contributed by atoms with E-state index >= 15 is 0 Å². The van der Waals surface area contributed by atoms with Crippen LogP contribution in [-0.2, 0) is 4.79 Å². The van der Waals surface area contributed by atoms with Gasteiger partial charge in [0.25, 0.3) is 0 Å². The molecule has 0 saturated heterocycles. The molecule has 0 spiro atoms. The van der Waals surface area contributed by atoms with Crippen LogP contribution < -0.4 is 5.32 Å². The van der Waals surface area contributed by atoms with Crippen LogP contribution in [0.4, 0.5) is 4.39 Å². The van der Waals surface area contributed by atoms with Crippen molar-refractivity contribution in [2.45, 2.75) is 29.0 Å². The lowest BCUT2D eigenvalue weighted by Crippen LogP contribution is -2.29. The first kappa shape index (κ1) is 16.6. The maximum Gasteiger partial charge on any atom is 0.238 e. The van der Waals surface area contributed by atoms with E-state index in [0.29, 0.717) is 10.0 Å². The highest BCUT2D eigenvalue weighted by atomic mass is 35.5. The van der Waals surface area contributed by atoms with Crippen molar-refractivity contribution in [2.75, 3.05) is 0 Å². The molecule has 1 N–H and O–H groups in total. The molecule has 0 aliphatic heterocycles. The number of halogens is 3. The second-order valence-corrected chi connectivity index (χ2v) is 7.40. The fourth-order valence-corrected chi connectivity index (χ4v) is 3.70. The predicted molar refractivity (Wildman–Crippen MR) is 92.6 cm³/mol. The summed E-state index contributed by atoms with van der Waals surface area (Å²) in [6.07, 6.45) is 2.01. The van der Waals surface area contributed by atoms with E-state index < -0.39 is 5.25 Å². The van der Waals surface area contributed by atoms with E-state index in [1.165, 1.54) is 23.9 Å². The zero-order valence-corrected chi connectivity index (χ0v) is 14.4. The summed E-state index contributed by atoms with van der Waals surface area (Å²) in [5.41, 5.74) is 0.727. The molecular weight excluding hydrogens is 356 g/mol. The SMILES string of the molecule is O=C(NC1CC1)[C@H](Sc1cc(Cl)ccc1Cl)c1ccc(F)cc1. The van der Waals surface area contributed by atoms with Gasteiger partial charge in [-0.05, 0) is 48.7 Å². The molecule has 1 saturated carbocycles. The molecule has 0 radical (unpaired) electrons. The summed E-state index contributed by atoms with van der Waals surface area (Å²) >= 11 is 13.5. The molecule has 3 rings (SSSR count). The number of rotatable bonds is 5. The van der Waals surface area contributed by atoms with E-state index in [9.17, 15) is 9.18 Å². The van der Waals surface area contributed by atoms with Gasteiger partial charge in [0.15, 0.2) is 0 Å². The summed E-state index contributed by atoms with van der Waals surface area (Å²) in [5, 5.41) is 3.57. The third kappa shape index (κ3) is 4.40. The predicted octanol–water partition coefficient (Wildman–Crippen LogP) is 5.24. The summed E-state index contributed by atoms with van der Waals surface area (Å²) < 4.78 is 13.2. The van der Waals surface area contributed by atoms with Gasteiger partial charge in [0.2, 0.25) is 5.91 Å². The molecule has 2 aromatic rings. The van der Waals surface area contributed by atoms with Crippen molar-refractivity contribution in [3.8, 4) is 0 Å². The van der Waals surface area contributed by atoms with E-state index in [0.717, 1.165) is 23.3 Å². The summed E-state index contributed by atoms with van der Waals surface area (Å²) in [6.45, 7) is 0. The van der Waals surface area contributed by atoms with Crippen LogP contribution in [0.15, 0.2) is 47.4 Å². The zero-order chi connectivity index (χ0) is 16.4. The lowest BCUT2D eigenvalue weighted by Gasteiger charge is -2.18. The van der Waals surface area contributed by atoms with Gasteiger partial charge < -0.3 is 5.32 Å². The molecule has 1 aliphatic rings. The van der Waals surface area contributed by atoms with E-state index in [2.05, 4.69) is 5.32 Å². The van der Waals surface area contributed by atoms with Gasteiger partial charge in [0.1, 0.15) is 11.1 Å². The highest BCUT2D eigenvalue weighted by Gasteiger charge is 2.29. The van der Waals surface area contributed by atoms with Crippen molar-refractivity contribution in [2.24, 2.45) is 0 Å². The van der Waals surface area contributed by atoms with Crippen molar-refractivity contribution >= 4 is 40.9 Å². The second kappa shape index (κ2) is 7.12. The van der Waals surface area contributed by atoms with E-state index in [1.807, 2.05) is 0 Å². The largest absolute Gasteiger partial charge is 0.352 e. The number of nitrogens with one attached hydrogen (secondary N) is 1. The van der Waals surface area contributed by atoms with Gasteiger partial charge >= 0.3 is 0 Å². The van der Waals surface area contributed by atoms with Crippen molar-refractivity contribution in [3.63, 3.8) is 0 Å². The first-order valence-electron chi connectivity index (χ1n) is 7.20. The summed E-state index contributed by atoms with van der Waals surface area (Å²) in [4.78, 5) is 13.3. The Balaban J connectivity index is 1.88. The third-order valence-electron chi connectivity index (χ3n) is 3.47. The molecule has 1 atom stereocenters. The van der Waals surface area contributed by atoms with Crippen LogP contribution in [0.25, 0.3) is 0 Å². The minimum absolute atomic E-state index is 0.0971. The minimum atomic E-state index is -0.507. The summed E-state index contributed by atoms with van der Waals surface area (Å²) in [6, 6.07) is 11.3. The quantitative estimate of drug-likeness (QED) is 0.729. The molecule has 6 heteroatoms. The van der Waals surface area contributed by atoms with Gasteiger partial charge in [0, 0.05) is 16.0 Å². The second-order valence-electron chi connectivity index (χ2n) is 5.41. The van der Waals surface area contributed by atoms with E-state index in [-0.39, 0.29) is 17.8 Å². The molecule has 1 fully saturated rings. The van der Waals surface area contributed by atoms with Gasteiger partial charge in [0.05, 0.1) is 5.02 Å². The average Bonchev–Trinajstić information content (AvgIpc) is 3.33. The fraction of sp³-hybridized carbons (Fsp3) is 0.235. The molecular formula is C17H14Cl2FNOS. The van der Waals surface area contributed by atoms with Crippen LogP contribution in [0.5, 0.6) is 0 Å². The number of carbonyl (C=O) groups excluding carboxylic acids is 1. The van der Waals surface area contributed by atoms with Crippen LogP contribution in [0, 0.1) is 5.82 Å². The maximum absolute atomic E-state index is 13.2. The van der Waals surface area contributed by atoms with Crippen molar-refractivity contribution in [1.82, 2.24) is 5.32 Å². The standard InChI is InChI=1S/C17H14Cl2FNOS/c18-11-3-8-14(19)15(9-11)23-16(17(22)21-13-6-7-13)10-1-4-12(20)5-2-10/h1-5,8-9,13,16H,6-7H2,(H,21,22)/t16-/m1/s1. The molecule has 2 nitrogen and oxygen atoms in total. The molecule has 23 heavy (non-hydrogen) atoms. The Morgan fingerprint density at radius 1 is 1.17 bits per heavy atom. The van der Waals surface area contributed by atoms with Gasteiger partial charge in [-0.15, -0.1) is 11.8 Å². The minimum Gasteiger partial charge on any atom is -0.352 e. The van der Waals surface area contributed by atoms with Crippen LogP contribution in [0.1, 0.15) is 23.7 Å². The summed E-state index contributed by atoms with van der Waals surface area (Å²) in [5.74, 6) is -0.430. The van der Waals surface area contributed by atoms with E-state index in [4.69, 9.17) is 23.2 Å². The molecule has 0 bridgehead atoms. The molecule has 1 aliphatic carbocycles. The topological polar surface area (TPSA) is 29.1 Å². The number of hydrogen-bond donors (Lipinski definition) is 1. The Morgan fingerprint density at radius 2 is 1.87 bits per heavy atom. The number of hydrogen-bond acceptors (Lipinski definition) is 2. The molecule has 2 aromatic carbocycles. The monoisotopic (exact) mass is 369 g/mol. The normalized spacial score (nSPS) is 15.3. The number of carbonyl (C=O) groups is 1. The smallest absolute Gasteiger partial charge is 0.238 e. The number of thioether (sulfide) groups is 1. The Morgan fingerprint density at radius 3 is 2.52 bits per heavy atom. The highest BCUT2D eigenvalue weighted by molar-refractivity contribution is 8.00. The van der Waals surface area contributed by atoms with Gasteiger partial charge in [-0.1, -0.05) is 35.3 Å². The average molecular weight is 370 g/mol. The van der Waals surface area contributed by atoms with Crippen LogP contribution in [0.3, 0.4) is 0 Å². The van der Waals surface area contributed by atoms with Crippen molar-refractivity contribution in [1.29, 1.82) is 0 Å². The summed E-state index contributed by atoms with van der Waals surface area (Å²) in [7, 11) is 0. The molecule has 0 aromatic heterocycles. The Kier molecular flexibility index (Phi) is 5.14. The van der Waals surface area contributed by atoms with E-state index in [1.54, 1.807) is 30.3 Å². The van der Waals surface area contributed by atoms with Gasteiger partial charge in [-0.2, -0.15) is 0 Å². The van der Waals surface area contributed by atoms with Crippen LogP contribution in [0.2, 0.25) is 10.0 Å². The van der Waals surface area contributed by atoms with Crippen LogP contribution >= 0.6 is 35.0 Å². The lowest BCUT2D eigenvalue weighted by atomic mass is 10.1. The molecule has 120 valence electrons. The first-order chi connectivity index (χ1) is 11.0.